The van der Waals surface area contributed by atoms with Crippen molar-refractivity contribution < 1.29 is 4.57 Å². The molecule has 2 nitrogen and oxygen atoms in total. The predicted molar refractivity (Wildman–Crippen MR) is 135 cm³/mol. The van der Waals surface area contributed by atoms with Gasteiger partial charge in [0, 0.05) is 0 Å². The second-order valence-corrected chi connectivity index (χ2v) is 9.32. The molecule has 0 amide bonds. The summed E-state index contributed by atoms with van der Waals surface area (Å²) < 4.78 is 4.88. The summed E-state index contributed by atoms with van der Waals surface area (Å²) in [5.41, 5.74) is 1.34. The predicted octanol–water partition coefficient (Wildman–Crippen LogP) is 8.72. The van der Waals surface area contributed by atoms with Crippen LogP contribution in [0.25, 0.3) is 11.4 Å². The Hall–Kier alpha value is -1.57. The molecule has 0 saturated carbocycles. The highest BCUT2D eigenvalue weighted by Gasteiger charge is 2.18. The molecule has 0 atom stereocenters. The molecule has 0 aliphatic carbocycles. The summed E-state index contributed by atoms with van der Waals surface area (Å²) in [6.45, 7) is 6.79. The third kappa shape index (κ3) is 10.5. The number of hydrogen-bond donors (Lipinski definition) is 0. The van der Waals surface area contributed by atoms with E-state index in [0.29, 0.717) is 0 Å². The Bertz CT molecular complexity index is 659. The second kappa shape index (κ2) is 17.0. The van der Waals surface area contributed by atoms with Crippen LogP contribution in [0.1, 0.15) is 117 Å². The second-order valence-electron chi connectivity index (χ2n) is 9.32. The van der Waals surface area contributed by atoms with Crippen molar-refractivity contribution >= 4 is 0 Å². The lowest BCUT2D eigenvalue weighted by Crippen LogP contribution is -2.34. The third-order valence-electron chi connectivity index (χ3n) is 6.47. The molecule has 1 aromatic heterocycles. The van der Waals surface area contributed by atoms with Gasteiger partial charge in [-0.2, -0.15) is 0 Å². The highest BCUT2D eigenvalue weighted by atomic mass is 15.1. The molecule has 0 fully saturated rings. The van der Waals surface area contributed by atoms with Gasteiger partial charge in [0.15, 0.2) is 0 Å². The van der Waals surface area contributed by atoms with E-state index in [0.717, 1.165) is 13.1 Å². The van der Waals surface area contributed by atoms with Crippen LogP contribution in [0.5, 0.6) is 0 Å². The number of aryl methyl sites for hydroxylation is 2. The first-order chi connectivity index (χ1) is 15.4. The summed E-state index contributed by atoms with van der Waals surface area (Å²) in [5.74, 6) is 1.37. The molecule has 0 aliphatic rings. The van der Waals surface area contributed by atoms with Gasteiger partial charge in [0.1, 0.15) is 12.4 Å². The smallest absolute Gasteiger partial charge is 0.230 e. The van der Waals surface area contributed by atoms with Crippen molar-refractivity contribution in [3.8, 4) is 11.4 Å². The summed E-state index contributed by atoms with van der Waals surface area (Å²) in [5, 5.41) is 0. The minimum atomic E-state index is 1.09. The van der Waals surface area contributed by atoms with Crippen LogP contribution in [0.4, 0.5) is 0 Å². The van der Waals surface area contributed by atoms with Crippen LogP contribution in [0.2, 0.25) is 0 Å². The lowest BCUT2D eigenvalue weighted by molar-refractivity contribution is -0.686. The average Bonchev–Trinajstić information content (AvgIpc) is 3.19. The highest BCUT2D eigenvalue weighted by molar-refractivity contribution is 5.52. The quantitative estimate of drug-likeness (QED) is 0.157. The van der Waals surface area contributed by atoms with E-state index in [4.69, 9.17) is 0 Å². The summed E-state index contributed by atoms with van der Waals surface area (Å²) in [4.78, 5) is 0. The summed E-state index contributed by atoms with van der Waals surface area (Å²) in [6.07, 6.45) is 27.1. The molecule has 174 valence electrons. The molecular weight excluding hydrogens is 376 g/mol. The maximum Gasteiger partial charge on any atom is 0.288 e. The fourth-order valence-electron chi connectivity index (χ4n) is 4.64. The van der Waals surface area contributed by atoms with Gasteiger partial charge in [-0.1, -0.05) is 116 Å². The van der Waals surface area contributed by atoms with Gasteiger partial charge in [-0.25, -0.2) is 9.13 Å². The van der Waals surface area contributed by atoms with Crippen LogP contribution in [0.15, 0.2) is 42.7 Å². The van der Waals surface area contributed by atoms with Crippen LogP contribution in [-0.2, 0) is 13.1 Å². The van der Waals surface area contributed by atoms with E-state index < -0.39 is 0 Å². The molecule has 0 aliphatic heterocycles. The molecule has 0 saturated heterocycles. The van der Waals surface area contributed by atoms with Gasteiger partial charge < -0.3 is 0 Å². The largest absolute Gasteiger partial charge is 0.288 e. The lowest BCUT2D eigenvalue weighted by atomic mass is 10.0. The van der Waals surface area contributed by atoms with Crippen LogP contribution in [0, 0.1) is 0 Å². The van der Waals surface area contributed by atoms with Gasteiger partial charge in [0.2, 0.25) is 0 Å². The third-order valence-corrected chi connectivity index (χ3v) is 6.47. The van der Waals surface area contributed by atoms with Crippen LogP contribution < -0.4 is 4.57 Å². The van der Waals surface area contributed by atoms with Crippen molar-refractivity contribution in [2.24, 2.45) is 0 Å². The Morgan fingerprint density at radius 3 is 1.65 bits per heavy atom. The van der Waals surface area contributed by atoms with E-state index in [1.807, 2.05) is 0 Å². The number of benzene rings is 1. The van der Waals surface area contributed by atoms with Gasteiger partial charge in [0.25, 0.3) is 5.82 Å². The molecule has 0 spiro atoms. The van der Waals surface area contributed by atoms with E-state index in [1.165, 1.54) is 114 Å². The zero-order valence-electron chi connectivity index (χ0n) is 20.7. The molecule has 0 unspecified atom stereocenters. The fraction of sp³-hybridized carbons (Fsp3) is 0.690. The van der Waals surface area contributed by atoms with Crippen molar-refractivity contribution in [1.82, 2.24) is 4.57 Å². The highest BCUT2D eigenvalue weighted by Crippen LogP contribution is 2.17. The molecule has 31 heavy (non-hydrogen) atoms. The molecule has 0 bridgehead atoms. The monoisotopic (exact) mass is 425 g/mol. The van der Waals surface area contributed by atoms with Gasteiger partial charge >= 0.3 is 0 Å². The van der Waals surface area contributed by atoms with Crippen molar-refractivity contribution in [1.29, 1.82) is 0 Å². The van der Waals surface area contributed by atoms with Crippen molar-refractivity contribution in [3.05, 3.63) is 42.7 Å². The van der Waals surface area contributed by atoms with Crippen LogP contribution >= 0.6 is 0 Å². The van der Waals surface area contributed by atoms with E-state index in [9.17, 15) is 0 Å². The lowest BCUT2D eigenvalue weighted by Gasteiger charge is -2.06. The number of aromatic nitrogens is 2. The molecule has 1 aromatic carbocycles. The molecule has 2 heteroatoms. The first-order valence-electron chi connectivity index (χ1n) is 13.5. The Kier molecular flexibility index (Phi) is 14.1. The number of rotatable bonds is 19. The molecule has 0 N–H and O–H groups in total. The Morgan fingerprint density at radius 1 is 0.613 bits per heavy atom. The topological polar surface area (TPSA) is 8.81 Å². The number of unbranched alkanes of at least 4 members (excludes halogenated alkanes) is 14. The Balaban J connectivity index is 1.53. The number of imidazole rings is 1. The van der Waals surface area contributed by atoms with E-state index in [2.05, 4.69) is 65.7 Å². The molecule has 0 radical (unpaired) electrons. The number of hydrogen-bond acceptors (Lipinski definition) is 0. The zero-order valence-corrected chi connectivity index (χ0v) is 20.7. The molecule has 2 aromatic rings. The van der Waals surface area contributed by atoms with Gasteiger partial charge in [-0.3, -0.25) is 0 Å². The minimum absolute atomic E-state index is 1.09. The molecule has 1 heterocycles. The minimum Gasteiger partial charge on any atom is -0.230 e. The van der Waals surface area contributed by atoms with E-state index in [-0.39, 0.29) is 0 Å². The molecule has 2 rings (SSSR count). The maximum absolute atomic E-state index is 2.47. The standard InChI is InChI=1S/C29H49N2/c1-3-5-6-7-8-9-10-11-12-13-14-15-16-17-21-25-31-27-26-30(24-4-2)29(31)28-22-19-18-20-23-28/h18-20,22-23,26-27H,3-17,21,24-25H2,1-2H3/q+1. The normalized spacial score (nSPS) is 11.3. The summed E-state index contributed by atoms with van der Waals surface area (Å²) >= 11 is 0. The molecular formula is C29H49N2+. The van der Waals surface area contributed by atoms with Gasteiger partial charge in [0.05, 0.1) is 18.7 Å². The number of nitrogens with zero attached hydrogens (tertiary/aromatic N) is 2. The summed E-state index contributed by atoms with van der Waals surface area (Å²) in [6, 6.07) is 10.9. The zero-order chi connectivity index (χ0) is 22.0. The average molecular weight is 426 g/mol. The van der Waals surface area contributed by atoms with Gasteiger partial charge in [-0.15, -0.1) is 0 Å². The van der Waals surface area contributed by atoms with Crippen molar-refractivity contribution in [3.63, 3.8) is 0 Å². The first kappa shape index (κ1) is 25.7. The van der Waals surface area contributed by atoms with Gasteiger partial charge in [-0.05, 0) is 31.4 Å². The SMILES string of the molecule is CCCCCCCCCCCCCCCCC[n+]1ccn(CCC)c1-c1ccccc1. The maximum atomic E-state index is 2.47. The van der Waals surface area contributed by atoms with Crippen molar-refractivity contribution in [2.75, 3.05) is 0 Å². The van der Waals surface area contributed by atoms with E-state index >= 15 is 0 Å². The Labute approximate surface area is 193 Å². The van der Waals surface area contributed by atoms with Crippen molar-refractivity contribution in [2.45, 2.75) is 130 Å². The first-order valence-corrected chi connectivity index (χ1v) is 13.5. The van der Waals surface area contributed by atoms with Crippen LogP contribution in [0.3, 0.4) is 0 Å². The Morgan fingerprint density at radius 2 is 1.13 bits per heavy atom. The fourth-order valence-corrected chi connectivity index (χ4v) is 4.64. The van der Waals surface area contributed by atoms with E-state index in [1.54, 1.807) is 0 Å². The summed E-state index contributed by atoms with van der Waals surface area (Å²) in [7, 11) is 0. The van der Waals surface area contributed by atoms with Crippen LogP contribution in [-0.4, -0.2) is 4.57 Å².